The van der Waals surface area contributed by atoms with Crippen LogP contribution < -0.4 is 15.4 Å². The van der Waals surface area contributed by atoms with Crippen molar-refractivity contribution in [2.45, 2.75) is 13.8 Å². The predicted octanol–water partition coefficient (Wildman–Crippen LogP) is 3.16. The number of hydrogen-bond acceptors (Lipinski definition) is 5. The van der Waals surface area contributed by atoms with Gasteiger partial charge in [-0.15, -0.1) is 0 Å². The van der Waals surface area contributed by atoms with Crippen molar-refractivity contribution in [2.75, 3.05) is 24.4 Å². The summed E-state index contributed by atoms with van der Waals surface area (Å²) in [5.41, 5.74) is 2.77. The van der Waals surface area contributed by atoms with Crippen LogP contribution in [0.2, 0.25) is 0 Å². The van der Waals surface area contributed by atoms with Crippen LogP contribution in [0, 0.1) is 6.92 Å². The average molecular weight is 382 g/mol. The van der Waals surface area contributed by atoms with Crippen molar-refractivity contribution < 1.29 is 23.9 Å². The van der Waals surface area contributed by atoms with Crippen LogP contribution in [-0.4, -0.2) is 31.5 Å². The first-order chi connectivity index (χ1) is 13.4. The summed E-state index contributed by atoms with van der Waals surface area (Å²) in [6.07, 6.45) is 2.91. The summed E-state index contributed by atoms with van der Waals surface area (Å²) in [5.74, 6) is -0.988. The molecule has 2 aromatic carbocycles. The molecule has 2 rings (SSSR count). The lowest BCUT2D eigenvalue weighted by Gasteiger charge is -2.12. The molecule has 2 N–H and O–H groups in total. The molecule has 0 heterocycles. The van der Waals surface area contributed by atoms with Gasteiger partial charge >= 0.3 is 5.97 Å². The lowest BCUT2D eigenvalue weighted by Crippen LogP contribution is -2.20. The van der Waals surface area contributed by atoms with Gasteiger partial charge in [-0.25, -0.2) is 4.79 Å². The number of aryl methyl sites for hydroxylation is 1. The van der Waals surface area contributed by atoms with Crippen molar-refractivity contribution in [3.8, 4) is 5.75 Å². The molecule has 7 nitrogen and oxygen atoms in total. The molecule has 0 aliphatic carbocycles. The van der Waals surface area contributed by atoms with Gasteiger partial charge in [0, 0.05) is 18.7 Å². The molecular weight excluding hydrogens is 360 g/mol. The van der Waals surface area contributed by atoms with E-state index in [1.54, 1.807) is 24.3 Å². The number of methoxy groups -OCH3 is 1. The summed E-state index contributed by atoms with van der Waals surface area (Å²) in [7, 11) is 1.46. The van der Waals surface area contributed by atoms with Crippen molar-refractivity contribution in [3.63, 3.8) is 0 Å². The van der Waals surface area contributed by atoms with Crippen LogP contribution >= 0.6 is 0 Å². The van der Waals surface area contributed by atoms with Gasteiger partial charge in [-0.2, -0.15) is 0 Å². The first kappa shape index (κ1) is 20.7. The maximum atomic E-state index is 12.1. The third-order valence-electron chi connectivity index (χ3n) is 3.73. The van der Waals surface area contributed by atoms with E-state index in [9.17, 15) is 14.4 Å². The lowest BCUT2D eigenvalue weighted by molar-refractivity contribution is -0.142. The van der Waals surface area contributed by atoms with Gasteiger partial charge in [0.25, 0.3) is 5.91 Å². The summed E-state index contributed by atoms with van der Waals surface area (Å²) in [6, 6.07) is 12.4. The predicted molar refractivity (Wildman–Crippen MR) is 107 cm³/mol. The van der Waals surface area contributed by atoms with Gasteiger partial charge < -0.3 is 20.1 Å². The number of anilines is 2. The fourth-order valence-electron chi connectivity index (χ4n) is 2.39. The topological polar surface area (TPSA) is 93.7 Å². The second-order valence-electron chi connectivity index (χ2n) is 5.94. The van der Waals surface area contributed by atoms with Crippen molar-refractivity contribution in [2.24, 2.45) is 0 Å². The van der Waals surface area contributed by atoms with Gasteiger partial charge in [0.05, 0.1) is 12.8 Å². The lowest BCUT2D eigenvalue weighted by atomic mass is 10.1. The van der Waals surface area contributed by atoms with E-state index in [1.165, 1.54) is 20.1 Å². The van der Waals surface area contributed by atoms with Crippen LogP contribution in [0.1, 0.15) is 18.1 Å². The van der Waals surface area contributed by atoms with Crippen LogP contribution in [0.3, 0.4) is 0 Å². The average Bonchev–Trinajstić information content (AvgIpc) is 2.65. The Bertz CT molecular complexity index is 905. The molecule has 0 aliphatic rings. The number of nitrogens with one attached hydrogen (secondary N) is 2. The molecule has 0 unspecified atom stereocenters. The minimum atomic E-state index is -0.627. The van der Waals surface area contributed by atoms with E-state index in [1.807, 2.05) is 31.2 Å². The highest BCUT2D eigenvalue weighted by atomic mass is 16.5. The number of benzene rings is 2. The number of rotatable bonds is 7. The first-order valence-electron chi connectivity index (χ1n) is 8.55. The summed E-state index contributed by atoms with van der Waals surface area (Å²) < 4.78 is 10.1. The van der Waals surface area contributed by atoms with E-state index in [-0.39, 0.29) is 5.91 Å². The van der Waals surface area contributed by atoms with E-state index in [0.29, 0.717) is 17.1 Å². The fourth-order valence-corrected chi connectivity index (χ4v) is 2.39. The maximum absolute atomic E-state index is 12.1. The largest absolute Gasteiger partial charge is 0.495 e. The molecule has 0 aromatic heterocycles. The van der Waals surface area contributed by atoms with E-state index < -0.39 is 18.5 Å². The van der Waals surface area contributed by atoms with Gasteiger partial charge in [0.2, 0.25) is 5.91 Å². The molecule has 0 aliphatic heterocycles. The summed E-state index contributed by atoms with van der Waals surface area (Å²) in [6.45, 7) is 2.86. The number of amides is 2. The van der Waals surface area contributed by atoms with Crippen LogP contribution in [0.5, 0.6) is 5.75 Å². The van der Waals surface area contributed by atoms with Gasteiger partial charge in [-0.1, -0.05) is 24.3 Å². The molecule has 0 radical (unpaired) electrons. The standard InChI is InChI=1S/C21H22N2O5/c1-14-6-4-5-7-16(14)8-11-21(26)28-13-20(25)23-18-12-17(22-15(2)24)9-10-19(18)27-3/h4-12H,13H2,1-3H3,(H,22,24)(H,23,25)/b11-8+. The maximum Gasteiger partial charge on any atom is 0.331 e. The quantitative estimate of drug-likeness (QED) is 0.567. The SMILES string of the molecule is COc1ccc(NC(C)=O)cc1NC(=O)COC(=O)/C=C/c1ccccc1C. The van der Waals surface area contributed by atoms with Crippen LogP contribution in [0.4, 0.5) is 11.4 Å². The van der Waals surface area contributed by atoms with Crippen LogP contribution in [-0.2, 0) is 19.1 Å². The summed E-state index contributed by atoms with van der Waals surface area (Å²) in [4.78, 5) is 35.1. The molecule has 0 saturated carbocycles. The third kappa shape index (κ3) is 6.28. The Kier molecular flexibility index (Phi) is 7.33. The molecule has 0 fully saturated rings. The van der Waals surface area contributed by atoms with Gasteiger partial charge in [0.15, 0.2) is 6.61 Å². The molecule has 7 heteroatoms. The first-order valence-corrected chi connectivity index (χ1v) is 8.55. The Morgan fingerprint density at radius 3 is 2.50 bits per heavy atom. The monoisotopic (exact) mass is 382 g/mol. The minimum absolute atomic E-state index is 0.239. The van der Waals surface area contributed by atoms with Gasteiger partial charge in [-0.05, 0) is 42.3 Å². The van der Waals surface area contributed by atoms with Gasteiger partial charge in [0.1, 0.15) is 5.75 Å². The number of ether oxygens (including phenoxy) is 2. The highest BCUT2D eigenvalue weighted by Gasteiger charge is 2.11. The highest BCUT2D eigenvalue weighted by Crippen LogP contribution is 2.27. The molecule has 0 saturated heterocycles. The van der Waals surface area contributed by atoms with Crippen molar-refractivity contribution >= 4 is 35.2 Å². The zero-order chi connectivity index (χ0) is 20.5. The molecule has 0 spiro atoms. The zero-order valence-corrected chi connectivity index (χ0v) is 15.9. The normalized spacial score (nSPS) is 10.4. The highest BCUT2D eigenvalue weighted by molar-refractivity contribution is 5.97. The van der Waals surface area contributed by atoms with E-state index >= 15 is 0 Å². The van der Waals surface area contributed by atoms with Crippen molar-refractivity contribution in [1.82, 2.24) is 0 Å². The number of carbonyl (C=O) groups excluding carboxylic acids is 3. The number of carbonyl (C=O) groups is 3. The van der Waals surface area contributed by atoms with Crippen LogP contribution in [0.15, 0.2) is 48.5 Å². The van der Waals surface area contributed by atoms with Crippen LogP contribution in [0.25, 0.3) is 6.08 Å². The Hall–Kier alpha value is -3.61. The summed E-state index contributed by atoms with van der Waals surface area (Å²) in [5, 5.41) is 5.21. The van der Waals surface area contributed by atoms with Gasteiger partial charge in [-0.3, -0.25) is 9.59 Å². The smallest absolute Gasteiger partial charge is 0.331 e. The van der Waals surface area contributed by atoms with Crippen molar-refractivity contribution in [3.05, 3.63) is 59.7 Å². The molecule has 28 heavy (non-hydrogen) atoms. The molecule has 0 bridgehead atoms. The molecular formula is C21H22N2O5. The van der Waals surface area contributed by atoms with E-state index in [2.05, 4.69) is 10.6 Å². The van der Waals surface area contributed by atoms with E-state index in [4.69, 9.17) is 9.47 Å². The zero-order valence-electron chi connectivity index (χ0n) is 15.9. The number of hydrogen-bond donors (Lipinski definition) is 2. The fraction of sp³-hybridized carbons (Fsp3) is 0.190. The van der Waals surface area contributed by atoms with Crippen molar-refractivity contribution in [1.29, 1.82) is 0 Å². The Morgan fingerprint density at radius 1 is 1.07 bits per heavy atom. The summed E-state index contributed by atoms with van der Waals surface area (Å²) >= 11 is 0. The molecule has 0 atom stereocenters. The third-order valence-corrected chi connectivity index (χ3v) is 3.73. The second-order valence-corrected chi connectivity index (χ2v) is 5.94. The minimum Gasteiger partial charge on any atom is -0.495 e. The Balaban J connectivity index is 1.94. The number of esters is 1. The second kappa shape index (κ2) is 9.91. The van der Waals surface area contributed by atoms with E-state index in [0.717, 1.165) is 11.1 Å². The molecule has 2 amide bonds. The Morgan fingerprint density at radius 2 is 1.82 bits per heavy atom. The molecule has 2 aromatic rings. The Labute approximate surface area is 163 Å². The molecule has 146 valence electrons.